The Morgan fingerprint density at radius 1 is 1.10 bits per heavy atom. The fourth-order valence-corrected chi connectivity index (χ4v) is 1.33. The quantitative estimate of drug-likeness (QED) is 0.472. The van der Waals surface area contributed by atoms with Crippen molar-refractivity contribution in [1.82, 2.24) is 24.9 Å². The van der Waals surface area contributed by atoms with Crippen molar-refractivity contribution < 1.29 is 4.79 Å². The number of nitrogen functional groups attached to an aromatic ring is 2. The average Bonchev–Trinajstić information content (AvgIpc) is 2.90. The van der Waals surface area contributed by atoms with Crippen LogP contribution in [0.3, 0.4) is 0 Å². The number of rotatable bonds is 1. The Morgan fingerprint density at radius 2 is 1.90 bits per heavy atom. The first-order valence-electron chi connectivity index (χ1n) is 5.49. The van der Waals surface area contributed by atoms with E-state index in [9.17, 15) is 4.79 Å². The second kappa shape index (κ2) is 5.61. The van der Waals surface area contributed by atoms with Crippen LogP contribution in [0.2, 0.25) is 0 Å². The first-order valence-corrected chi connectivity index (χ1v) is 5.49. The van der Waals surface area contributed by atoms with Crippen molar-refractivity contribution in [3.63, 3.8) is 0 Å². The molecule has 0 atom stereocenters. The number of imidazole rings is 1. The Balaban J connectivity index is 0.000000147. The van der Waals surface area contributed by atoms with Gasteiger partial charge in [-0.25, -0.2) is 19.9 Å². The van der Waals surface area contributed by atoms with Crippen molar-refractivity contribution >= 4 is 28.7 Å². The first kappa shape index (κ1) is 13.2. The lowest BCUT2D eigenvalue weighted by molar-refractivity contribution is 0.1000. The number of amides is 1. The van der Waals surface area contributed by atoms with Gasteiger partial charge >= 0.3 is 0 Å². The number of nitrogens with zero attached hydrogens (tertiary/aromatic N) is 4. The van der Waals surface area contributed by atoms with E-state index in [1.165, 1.54) is 31.0 Å². The van der Waals surface area contributed by atoms with Crippen LogP contribution in [0.4, 0.5) is 11.6 Å². The third-order valence-corrected chi connectivity index (χ3v) is 2.32. The molecule has 7 N–H and O–H groups in total. The van der Waals surface area contributed by atoms with E-state index in [1.54, 1.807) is 0 Å². The van der Waals surface area contributed by atoms with Gasteiger partial charge in [0.15, 0.2) is 11.5 Å². The van der Waals surface area contributed by atoms with E-state index in [1.807, 2.05) is 0 Å². The van der Waals surface area contributed by atoms with Crippen molar-refractivity contribution in [3.8, 4) is 0 Å². The van der Waals surface area contributed by atoms with Crippen LogP contribution in [0.1, 0.15) is 10.4 Å². The molecule has 0 aliphatic rings. The SMILES string of the molecule is NC(=O)c1ccc(N)nc1.Nc1ncnc2[nH]cnc12. The van der Waals surface area contributed by atoms with Crippen LogP contribution in [0.25, 0.3) is 11.2 Å². The number of aromatic amines is 1. The number of nitrogens with one attached hydrogen (secondary N) is 1. The van der Waals surface area contributed by atoms with Gasteiger partial charge < -0.3 is 22.2 Å². The van der Waals surface area contributed by atoms with E-state index in [0.29, 0.717) is 28.4 Å². The normalized spacial score (nSPS) is 9.80. The number of anilines is 2. The topological polar surface area (TPSA) is 162 Å². The van der Waals surface area contributed by atoms with Gasteiger partial charge in [0.25, 0.3) is 0 Å². The number of carbonyl (C=O) groups is 1. The lowest BCUT2D eigenvalue weighted by Crippen LogP contribution is -2.11. The highest BCUT2D eigenvalue weighted by Crippen LogP contribution is 2.09. The van der Waals surface area contributed by atoms with Crippen LogP contribution in [0.5, 0.6) is 0 Å². The number of nitrogens with two attached hydrogens (primary N) is 3. The van der Waals surface area contributed by atoms with Crippen molar-refractivity contribution in [2.75, 3.05) is 11.5 Å². The van der Waals surface area contributed by atoms with E-state index < -0.39 is 5.91 Å². The van der Waals surface area contributed by atoms with Gasteiger partial charge in [0.1, 0.15) is 17.7 Å². The summed E-state index contributed by atoms with van der Waals surface area (Å²) < 4.78 is 0. The monoisotopic (exact) mass is 272 g/mol. The summed E-state index contributed by atoms with van der Waals surface area (Å²) >= 11 is 0. The van der Waals surface area contributed by atoms with Crippen LogP contribution in [0.15, 0.2) is 31.0 Å². The van der Waals surface area contributed by atoms with Gasteiger partial charge in [0.2, 0.25) is 5.91 Å². The molecule has 3 heterocycles. The molecule has 0 bridgehead atoms. The van der Waals surface area contributed by atoms with Crippen molar-refractivity contribution in [2.24, 2.45) is 5.73 Å². The van der Waals surface area contributed by atoms with Crippen LogP contribution in [-0.4, -0.2) is 30.8 Å². The van der Waals surface area contributed by atoms with Crippen LogP contribution in [-0.2, 0) is 0 Å². The molecule has 0 fully saturated rings. The third-order valence-electron chi connectivity index (χ3n) is 2.32. The predicted molar refractivity (Wildman–Crippen MR) is 73.3 cm³/mol. The summed E-state index contributed by atoms with van der Waals surface area (Å²) in [4.78, 5) is 28.5. The zero-order valence-corrected chi connectivity index (χ0v) is 10.3. The molecule has 102 valence electrons. The van der Waals surface area contributed by atoms with Crippen molar-refractivity contribution in [3.05, 3.63) is 36.5 Å². The van der Waals surface area contributed by atoms with E-state index in [0.717, 1.165) is 0 Å². The molecule has 3 aromatic heterocycles. The predicted octanol–water partition coefficient (Wildman–Crippen LogP) is -0.302. The molecule has 1 amide bonds. The maximum absolute atomic E-state index is 10.5. The highest BCUT2D eigenvalue weighted by molar-refractivity contribution is 5.92. The summed E-state index contributed by atoms with van der Waals surface area (Å²) in [7, 11) is 0. The zero-order chi connectivity index (χ0) is 14.5. The molecular weight excluding hydrogens is 260 g/mol. The summed E-state index contributed by atoms with van der Waals surface area (Å²) in [6.45, 7) is 0. The number of H-pyrrole nitrogens is 1. The minimum atomic E-state index is -0.493. The molecule has 3 aromatic rings. The largest absolute Gasteiger partial charge is 0.384 e. The molecule has 9 heteroatoms. The highest BCUT2D eigenvalue weighted by atomic mass is 16.1. The van der Waals surface area contributed by atoms with Crippen molar-refractivity contribution in [1.29, 1.82) is 0 Å². The zero-order valence-electron chi connectivity index (χ0n) is 10.3. The molecule has 0 unspecified atom stereocenters. The van der Waals surface area contributed by atoms with Gasteiger partial charge in [-0.1, -0.05) is 0 Å². The molecule has 3 rings (SSSR count). The first-order chi connectivity index (χ1) is 9.58. The standard InChI is InChI=1S/C6H7N3O.C5H5N5/c7-5-2-1-4(3-9-5)6(8)10;6-4-3-5(9-1-7-3)10-2-8-4/h1-3H,(H2,7,9)(H2,8,10);1-2H,(H3,6,7,8,9,10). The number of fused-ring (bicyclic) bond motifs is 1. The van der Waals surface area contributed by atoms with Gasteiger partial charge in [0, 0.05) is 6.20 Å². The van der Waals surface area contributed by atoms with Crippen molar-refractivity contribution in [2.45, 2.75) is 0 Å². The maximum Gasteiger partial charge on any atom is 0.250 e. The highest BCUT2D eigenvalue weighted by Gasteiger charge is 1.99. The molecule has 0 spiro atoms. The Bertz CT molecular complexity index is 721. The van der Waals surface area contributed by atoms with E-state index in [-0.39, 0.29) is 0 Å². The van der Waals surface area contributed by atoms with Crippen LogP contribution >= 0.6 is 0 Å². The van der Waals surface area contributed by atoms with Gasteiger partial charge in [0.05, 0.1) is 11.9 Å². The Hall–Kier alpha value is -3.23. The van der Waals surface area contributed by atoms with E-state index in [4.69, 9.17) is 17.2 Å². The third kappa shape index (κ3) is 2.96. The molecule has 0 aliphatic carbocycles. The molecule has 9 nitrogen and oxygen atoms in total. The molecule has 0 radical (unpaired) electrons. The summed E-state index contributed by atoms with van der Waals surface area (Å²) in [6, 6.07) is 3.06. The average molecular weight is 272 g/mol. The number of pyridine rings is 1. The molecule has 0 saturated heterocycles. The van der Waals surface area contributed by atoms with Crippen LogP contribution < -0.4 is 17.2 Å². The Labute approximate surface area is 113 Å². The molecule has 0 aliphatic heterocycles. The fourth-order valence-electron chi connectivity index (χ4n) is 1.33. The number of carbonyl (C=O) groups excluding carboxylic acids is 1. The Kier molecular flexibility index (Phi) is 3.70. The van der Waals surface area contributed by atoms with Gasteiger partial charge in [-0.2, -0.15) is 0 Å². The Morgan fingerprint density at radius 3 is 2.50 bits per heavy atom. The number of primary amides is 1. The molecule has 0 saturated carbocycles. The van der Waals surface area contributed by atoms with Gasteiger partial charge in [-0.05, 0) is 12.1 Å². The van der Waals surface area contributed by atoms with E-state index >= 15 is 0 Å². The maximum atomic E-state index is 10.5. The smallest absolute Gasteiger partial charge is 0.250 e. The molecule has 0 aromatic carbocycles. The lowest BCUT2D eigenvalue weighted by Gasteiger charge is -1.93. The lowest BCUT2D eigenvalue weighted by atomic mass is 10.3. The molecule has 20 heavy (non-hydrogen) atoms. The summed E-state index contributed by atoms with van der Waals surface area (Å²) in [5, 5.41) is 0. The summed E-state index contributed by atoms with van der Waals surface area (Å²) in [5.41, 5.74) is 17.3. The van der Waals surface area contributed by atoms with Gasteiger partial charge in [-0.15, -0.1) is 0 Å². The summed E-state index contributed by atoms with van der Waals surface area (Å²) in [6.07, 6.45) is 4.28. The fraction of sp³-hybridized carbons (Fsp3) is 0. The number of aromatic nitrogens is 5. The second-order valence-corrected chi connectivity index (χ2v) is 3.69. The number of hydrogen-bond acceptors (Lipinski definition) is 7. The van der Waals surface area contributed by atoms with E-state index in [2.05, 4.69) is 24.9 Å². The minimum absolute atomic E-state index is 0.370. The minimum Gasteiger partial charge on any atom is -0.384 e. The van der Waals surface area contributed by atoms with Crippen LogP contribution in [0, 0.1) is 0 Å². The molecular formula is C11H12N8O. The number of hydrogen-bond donors (Lipinski definition) is 4. The second-order valence-electron chi connectivity index (χ2n) is 3.69. The summed E-state index contributed by atoms with van der Waals surface area (Å²) in [5.74, 6) is 0.295. The van der Waals surface area contributed by atoms with Gasteiger partial charge in [-0.3, -0.25) is 4.79 Å².